The largest absolute Gasteiger partial charge is 0.483 e. The molecule has 7 heteroatoms. The smallest absolute Gasteiger partial charge is 0.206 e. The minimum absolute atomic E-state index is 0.416. The van der Waals surface area contributed by atoms with Gasteiger partial charge in [0.15, 0.2) is 10.5 Å². The highest BCUT2D eigenvalue weighted by atomic mass is 79.9. The fourth-order valence-corrected chi connectivity index (χ4v) is 1.98. The van der Waals surface area contributed by atoms with Crippen molar-refractivity contribution in [3.63, 3.8) is 0 Å². The van der Waals surface area contributed by atoms with Crippen LogP contribution in [0.5, 0.6) is 5.75 Å². The fourth-order valence-electron chi connectivity index (χ4n) is 1.62. The molecule has 3 rings (SSSR count). The van der Waals surface area contributed by atoms with Crippen LogP contribution in [-0.2, 0) is 6.61 Å². The highest BCUT2D eigenvalue weighted by Crippen LogP contribution is 2.20. The summed E-state index contributed by atoms with van der Waals surface area (Å²) < 4.78 is 8.06. The van der Waals surface area contributed by atoms with Crippen LogP contribution in [0.15, 0.2) is 35.6 Å². The summed E-state index contributed by atoms with van der Waals surface area (Å²) >= 11 is 3.32. The molecule has 19 heavy (non-hydrogen) atoms. The minimum Gasteiger partial charge on any atom is -0.483 e. The number of hydrogen-bond acceptors (Lipinski definition) is 5. The molecule has 6 nitrogen and oxygen atoms in total. The maximum Gasteiger partial charge on any atom is 0.206 e. The fraction of sp³-hybridized carbons (Fsp3) is 0.167. The van der Waals surface area contributed by atoms with Gasteiger partial charge in [-0.1, -0.05) is 6.07 Å². The summed E-state index contributed by atoms with van der Waals surface area (Å²) in [6.07, 6.45) is 4.99. The number of nitrogens with zero attached hydrogens (tertiary/aromatic N) is 5. The summed E-state index contributed by atoms with van der Waals surface area (Å²) in [4.78, 5) is 8.39. The SMILES string of the molecule is Cc1ccc(COc2cnc(Br)n3cnnc23)cn1. The third-order valence-corrected chi connectivity index (χ3v) is 3.21. The molecule has 0 aliphatic carbocycles. The lowest BCUT2D eigenvalue weighted by Gasteiger charge is -2.07. The van der Waals surface area contributed by atoms with Crippen molar-refractivity contribution in [2.75, 3.05) is 0 Å². The average molecular weight is 320 g/mol. The van der Waals surface area contributed by atoms with Crippen molar-refractivity contribution in [1.29, 1.82) is 0 Å². The van der Waals surface area contributed by atoms with Gasteiger partial charge in [-0.15, -0.1) is 10.2 Å². The van der Waals surface area contributed by atoms with E-state index in [2.05, 4.69) is 36.1 Å². The molecule has 3 heterocycles. The third kappa shape index (κ3) is 2.41. The third-order valence-electron chi connectivity index (χ3n) is 2.62. The first kappa shape index (κ1) is 12.0. The molecule has 0 radical (unpaired) electrons. The van der Waals surface area contributed by atoms with Gasteiger partial charge in [-0.2, -0.15) is 0 Å². The lowest BCUT2D eigenvalue weighted by Crippen LogP contribution is -2.00. The van der Waals surface area contributed by atoms with Gasteiger partial charge in [0.25, 0.3) is 0 Å². The van der Waals surface area contributed by atoms with Crippen LogP contribution in [-0.4, -0.2) is 24.6 Å². The Morgan fingerprint density at radius 3 is 2.95 bits per heavy atom. The van der Waals surface area contributed by atoms with Crippen molar-refractivity contribution in [1.82, 2.24) is 24.6 Å². The molecule has 0 bridgehead atoms. The van der Waals surface area contributed by atoms with Crippen molar-refractivity contribution in [2.24, 2.45) is 0 Å². The summed E-state index contributed by atoms with van der Waals surface area (Å²) in [6, 6.07) is 3.93. The zero-order valence-electron chi connectivity index (χ0n) is 10.1. The Labute approximate surface area is 117 Å². The maximum atomic E-state index is 5.71. The quantitative estimate of drug-likeness (QED) is 0.692. The second-order valence-electron chi connectivity index (χ2n) is 4.01. The molecule has 0 atom stereocenters. The van der Waals surface area contributed by atoms with E-state index in [1.165, 1.54) is 0 Å². The molecular formula is C12H10BrN5O. The van der Waals surface area contributed by atoms with Crippen LogP contribution in [0.4, 0.5) is 0 Å². The predicted molar refractivity (Wildman–Crippen MR) is 71.8 cm³/mol. The Bertz CT molecular complexity index is 710. The Balaban J connectivity index is 1.84. The van der Waals surface area contributed by atoms with Crippen LogP contribution >= 0.6 is 15.9 Å². The van der Waals surface area contributed by atoms with Gasteiger partial charge in [-0.3, -0.25) is 9.38 Å². The molecule has 0 amide bonds. The van der Waals surface area contributed by atoms with Crippen molar-refractivity contribution in [3.05, 3.63) is 46.8 Å². The predicted octanol–water partition coefficient (Wildman–Crippen LogP) is 2.17. The van der Waals surface area contributed by atoms with E-state index in [9.17, 15) is 0 Å². The zero-order valence-corrected chi connectivity index (χ0v) is 11.7. The van der Waals surface area contributed by atoms with Gasteiger partial charge in [-0.05, 0) is 28.9 Å². The van der Waals surface area contributed by atoms with E-state index in [0.717, 1.165) is 11.3 Å². The molecule has 0 spiro atoms. The standard InChI is InChI=1S/C12H10BrN5O/c1-8-2-3-9(4-14-8)6-19-10-5-15-12(13)18-7-16-17-11(10)18/h2-5,7H,6H2,1H3. The van der Waals surface area contributed by atoms with Crippen LogP contribution in [0.3, 0.4) is 0 Å². The highest BCUT2D eigenvalue weighted by Gasteiger charge is 2.08. The van der Waals surface area contributed by atoms with E-state index in [1.807, 2.05) is 19.1 Å². The molecular weight excluding hydrogens is 310 g/mol. The number of aryl methyl sites for hydroxylation is 1. The van der Waals surface area contributed by atoms with Crippen LogP contribution in [0.1, 0.15) is 11.3 Å². The van der Waals surface area contributed by atoms with Crippen LogP contribution in [0.25, 0.3) is 5.65 Å². The first-order chi connectivity index (χ1) is 9.24. The molecule has 0 saturated carbocycles. The molecule has 0 aromatic carbocycles. The van der Waals surface area contributed by atoms with Crippen LogP contribution in [0.2, 0.25) is 0 Å². The second-order valence-corrected chi connectivity index (χ2v) is 4.72. The van der Waals surface area contributed by atoms with E-state index in [1.54, 1.807) is 23.1 Å². The zero-order chi connectivity index (χ0) is 13.2. The van der Waals surface area contributed by atoms with Gasteiger partial charge < -0.3 is 4.74 Å². The van der Waals surface area contributed by atoms with E-state index in [-0.39, 0.29) is 0 Å². The normalized spacial score (nSPS) is 10.8. The number of halogens is 1. The van der Waals surface area contributed by atoms with E-state index < -0.39 is 0 Å². The average Bonchev–Trinajstić information content (AvgIpc) is 2.90. The van der Waals surface area contributed by atoms with Crippen molar-refractivity contribution < 1.29 is 4.74 Å². The lowest BCUT2D eigenvalue weighted by molar-refractivity contribution is 0.306. The van der Waals surface area contributed by atoms with E-state index >= 15 is 0 Å². The Kier molecular flexibility index (Phi) is 3.12. The summed E-state index contributed by atoms with van der Waals surface area (Å²) in [5.74, 6) is 0.585. The molecule has 3 aromatic rings. The van der Waals surface area contributed by atoms with Crippen LogP contribution in [0, 0.1) is 6.92 Å². The van der Waals surface area contributed by atoms with Gasteiger partial charge in [0.2, 0.25) is 5.65 Å². The summed E-state index contributed by atoms with van der Waals surface area (Å²) in [5.41, 5.74) is 2.60. The first-order valence-corrected chi connectivity index (χ1v) is 6.42. The molecule has 0 fully saturated rings. The van der Waals surface area contributed by atoms with Crippen molar-refractivity contribution >= 4 is 21.6 Å². The molecule has 0 aliphatic rings. The Morgan fingerprint density at radius 1 is 1.26 bits per heavy atom. The minimum atomic E-state index is 0.416. The van der Waals surface area contributed by atoms with Gasteiger partial charge in [-0.25, -0.2) is 4.98 Å². The topological polar surface area (TPSA) is 65.2 Å². The number of pyridine rings is 1. The number of fused-ring (bicyclic) bond motifs is 1. The Morgan fingerprint density at radius 2 is 2.16 bits per heavy atom. The number of aromatic nitrogens is 5. The molecule has 0 saturated heterocycles. The first-order valence-electron chi connectivity index (χ1n) is 5.62. The number of rotatable bonds is 3. The second kappa shape index (κ2) is 4.93. The summed E-state index contributed by atoms with van der Waals surface area (Å²) in [7, 11) is 0. The van der Waals surface area contributed by atoms with E-state index in [0.29, 0.717) is 22.7 Å². The Hall–Kier alpha value is -2.02. The van der Waals surface area contributed by atoms with Crippen molar-refractivity contribution in [3.8, 4) is 5.75 Å². The monoisotopic (exact) mass is 319 g/mol. The maximum absolute atomic E-state index is 5.71. The van der Waals surface area contributed by atoms with Gasteiger partial charge >= 0.3 is 0 Å². The van der Waals surface area contributed by atoms with E-state index in [4.69, 9.17) is 4.74 Å². The lowest BCUT2D eigenvalue weighted by atomic mass is 10.3. The summed E-state index contributed by atoms with van der Waals surface area (Å²) in [6.45, 7) is 2.36. The molecule has 96 valence electrons. The summed E-state index contributed by atoms with van der Waals surface area (Å²) in [5, 5.41) is 7.85. The van der Waals surface area contributed by atoms with Crippen LogP contribution < -0.4 is 4.74 Å². The number of hydrogen-bond donors (Lipinski definition) is 0. The molecule has 0 unspecified atom stereocenters. The number of ether oxygens (including phenoxy) is 1. The highest BCUT2D eigenvalue weighted by molar-refractivity contribution is 9.10. The molecule has 0 N–H and O–H groups in total. The van der Waals surface area contributed by atoms with Gasteiger partial charge in [0.05, 0.1) is 6.20 Å². The van der Waals surface area contributed by atoms with Gasteiger partial charge in [0.1, 0.15) is 12.9 Å². The molecule has 3 aromatic heterocycles. The van der Waals surface area contributed by atoms with Crippen molar-refractivity contribution in [2.45, 2.75) is 13.5 Å². The van der Waals surface area contributed by atoms with Gasteiger partial charge in [0, 0.05) is 17.5 Å². The molecule has 0 aliphatic heterocycles.